The lowest BCUT2D eigenvalue weighted by Gasteiger charge is -2.28. The average molecular weight is 273 g/mol. The molecule has 0 aromatic heterocycles. The standard InChI is InChI=1S/C19H31N/c1-19(2,3)13-8-4-5-9-14-20-15-12-17-10-6-7-11-18(17)16-20/h6-7,10-11H,4-5,8-9,12-16H2,1-3H3. The second-order valence-corrected chi connectivity index (χ2v) is 7.52. The molecule has 0 atom stereocenters. The summed E-state index contributed by atoms with van der Waals surface area (Å²) in [4.78, 5) is 2.63. The molecule has 0 spiro atoms. The van der Waals surface area contributed by atoms with Crippen LogP contribution in [0.3, 0.4) is 0 Å². The summed E-state index contributed by atoms with van der Waals surface area (Å²) in [6.45, 7) is 10.7. The maximum atomic E-state index is 2.63. The van der Waals surface area contributed by atoms with Crippen molar-refractivity contribution >= 4 is 0 Å². The molecule has 0 saturated heterocycles. The molecule has 0 saturated carbocycles. The highest BCUT2D eigenvalue weighted by Crippen LogP contribution is 2.23. The molecule has 0 fully saturated rings. The van der Waals surface area contributed by atoms with Crippen LogP contribution in [0.4, 0.5) is 0 Å². The van der Waals surface area contributed by atoms with Gasteiger partial charge in [0.05, 0.1) is 0 Å². The van der Waals surface area contributed by atoms with Crippen LogP contribution in [-0.4, -0.2) is 18.0 Å². The lowest BCUT2D eigenvalue weighted by Crippen LogP contribution is -2.31. The fourth-order valence-electron chi connectivity index (χ4n) is 3.09. The topological polar surface area (TPSA) is 3.24 Å². The Kier molecular flexibility index (Phi) is 5.65. The Morgan fingerprint density at radius 2 is 1.65 bits per heavy atom. The minimum Gasteiger partial charge on any atom is -0.299 e. The largest absolute Gasteiger partial charge is 0.299 e. The zero-order valence-electron chi connectivity index (χ0n) is 13.6. The summed E-state index contributed by atoms with van der Waals surface area (Å²) in [5.74, 6) is 0. The van der Waals surface area contributed by atoms with Gasteiger partial charge in [-0.2, -0.15) is 0 Å². The minimum atomic E-state index is 0.510. The van der Waals surface area contributed by atoms with Crippen molar-refractivity contribution < 1.29 is 0 Å². The molecule has 1 aliphatic rings. The van der Waals surface area contributed by atoms with E-state index in [9.17, 15) is 0 Å². The number of benzene rings is 1. The summed E-state index contributed by atoms with van der Waals surface area (Å²) in [6, 6.07) is 8.93. The summed E-state index contributed by atoms with van der Waals surface area (Å²) >= 11 is 0. The zero-order chi connectivity index (χ0) is 14.4. The van der Waals surface area contributed by atoms with Gasteiger partial charge in [0, 0.05) is 13.1 Å². The summed E-state index contributed by atoms with van der Waals surface area (Å²) in [5.41, 5.74) is 3.62. The number of hydrogen-bond acceptors (Lipinski definition) is 1. The first-order chi connectivity index (χ1) is 9.54. The van der Waals surface area contributed by atoms with E-state index >= 15 is 0 Å². The Balaban J connectivity index is 1.60. The molecule has 112 valence electrons. The van der Waals surface area contributed by atoms with Gasteiger partial charge < -0.3 is 0 Å². The van der Waals surface area contributed by atoms with Crippen molar-refractivity contribution in [1.29, 1.82) is 0 Å². The van der Waals surface area contributed by atoms with E-state index in [4.69, 9.17) is 0 Å². The highest BCUT2D eigenvalue weighted by molar-refractivity contribution is 5.28. The van der Waals surface area contributed by atoms with Crippen molar-refractivity contribution in [2.75, 3.05) is 13.1 Å². The Morgan fingerprint density at radius 1 is 0.950 bits per heavy atom. The van der Waals surface area contributed by atoms with Gasteiger partial charge in [-0.15, -0.1) is 0 Å². The number of hydrogen-bond donors (Lipinski definition) is 0. The van der Waals surface area contributed by atoms with Crippen molar-refractivity contribution in [3.63, 3.8) is 0 Å². The molecule has 0 N–H and O–H groups in total. The third-order valence-electron chi connectivity index (χ3n) is 4.36. The van der Waals surface area contributed by atoms with E-state index in [1.54, 1.807) is 11.1 Å². The lowest BCUT2D eigenvalue weighted by molar-refractivity contribution is 0.247. The highest BCUT2D eigenvalue weighted by Gasteiger charge is 2.14. The number of nitrogens with zero attached hydrogens (tertiary/aromatic N) is 1. The van der Waals surface area contributed by atoms with Gasteiger partial charge in [0.25, 0.3) is 0 Å². The van der Waals surface area contributed by atoms with Crippen LogP contribution in [0.25, 0.3) is 0 Å². The summed E-state index contributed by atoms with van der Waals surface area (Å²) in [5, 5.41) is 0. The molecule has 1 aromatic rings. The van der Waals surface area contributed by atoms with Crippen LogP contribution in [0.2, 0.25) is 0 Å². The second kappa shape index (κ2) is 7.26. The van der Waals surface area contributed by atoms with Crippen molar-refractivity contribution in [1.82, 2.24) is 4.90 Å². The zero-order valence-corrected chi connectivity index (χ0v) is 13.6. The van der Waals surface area contributed by atoms with Crippen molar-refractivity contribution in [2.45, 2.75) is 65.8 Å². The summed E-state index contributed by atoms with van der Waals surface area (Å²) < 4.78 is 0. The van der Waals surface area contributed by atoms with Crippen LogP contribution in [0, 0.1) is 5.41 Å². The Morgan fingerprint density at radius 3 is 2.40 bits per heavy atom. The second-order valence-electron chi connectivity index (χ2n) is 7.52. The Bertz CT molecular complexity index is 402. The molecule has 0 amide bonds. The van der Waals surface area contributed by atoms with Gasteiger partial charge >= 0.3 is 0 Å². The van der Waals surface area contributed by atoms with Crippen LogP contribution < -0.4 is 0 Å². The van der Waals surface area contributed by atoms with E-state index in [1.165, 1.54) is 51.6 Å². The lowest BCUT2D eigenvalue weighted by atomic mass is 9.89. The van der Waals surface area contributed by atoms with Gasteiger partial charge in [-0.1, -0.05) is 64.3 Å². The molecule has 20 heavy (non-hydrogen) atoms. The number of fused-ring (bicyclic) bond motifs is 1. The summed E-state index contributed by atoms with van der Waals surface area (Å²) in [7, 11) is 0. The van der Waals surface area contributed by atoms with Crippen molar-refractivity contribution in [2.24, 2.45) is 5.41 Å². The molecule has 2 rings (SSSR count). The van der Waals surface area contributed by atoms with Crippen LogP contribution in [0.5, 0.6) is 0 Å². The van der Waals surface area contributed by atoms with Crippen LogP contribution in [-0.2, 0) is 13.0 Å². The van der Waals surface area contributed by atoms with Crippen LogP contribution in [0.1, 0.15) is 64.0 Å². The molecular formula is C19H31N. The predicted molar refractivity (Wildman–Crippen MR) is 88.0 cm³/mol. The van der Waals surface area contributed by atoms with Crippen LogP contribution in [0.15, 0.2) is 24.3 Å². The monoisotopic (exact) mass is 273 g/mol. The third-order valence-corrected chi connectivity index (χ3v) is 4.36. The van der Waals surface area contributed by atoms with Crippen molar-refractivity contribution in [3.05, 3.63) is 35.4 Å². The van der Waals surface area contributed by atoms with E-state index < -0.39 is 0 Å². The Labute approximate surface area is 125 Å². The van der Waals surface area contributed by atoms with Gasteiger partial charge in [-0.05, 0) is 42.3 Å². The molecular weight excluding hydrogens is 242 g/mol. The molecule has 1 aliphatic heterocycles. The highest BCUT2D eigenvalue weighted by atomic mass is 15.1. The van der Waals surface area contributed by atoms with E-state index in [1.807, 2.05) is 0 Å². The van der Waals surface area contributed by atoms with E-state index in [2.05, 4.69) is 49.9 Å². The minimum absolute atomic E-state index is 0.510. The Hall–Kier alpha value is -0.820. The smallest absolute Gasteiger partial charge is 0.0236 e. The van der Waals surface area contributed by atoms with E-state index in [-0.39, 0.29) is 0 Å². The molecule has 1 aromatic carbocycles. The first-order valence-corrected chi connectivity index (χ1v) is 8.34. The fourth-order valence-corrected chi connectivity index (χ4v) is 3.09. The first-order valence-electron chi connectivity index (χ1n) is 8.34. The maximum absolute atomic E-state index is 2.63. The number of rotatable bonds is 6. The van der Waals surface area contributed by atoms with Crippen LogP contribution >= 0.6 is 0 Å². The molecule has 0 radical (unpaired) electrons. The molecule has 0 aliphatic carbocycles. The first kappa shape index (κ1) is 15.6. The predicted octanol–water partition coefficient (Wildman–Crippen LogP) is 5.04. The van der Waals surface area contributed by atoms with E-state index in [0.29, 0.717) is 5.41 Å². The number of unbranched alkanes of at least 4 members (excludes halogenated alkanes) is 3. The normalized spacial score (nSPS) is 16.1. The van der Waals surface area contributed by atoms with Gasteiger partial charge in [-0.3, -0.25) is 4.90 Å². The SMILES string of the molecule is CC(C)(C)CCCCCCN1CCc2ccccc2C1. The van der Waals surface area contributed by atoms with Gasteiger partial charge in [-0.25, -0.2) is 0 Å². The molecule has 0 unspecified atom stereocenters. The van der Waals surface area contributed by atoms with Gasteiger partial charge in [0.2, 0.25) is 0 Å². The van der Waals surface area contributed by atoms with Gasteiger partial charge in [0.1, 0.15) is 0 Å². The quantitative estimate of drug-likeness (QED) is 0.656. The average Bonchev–Trinajstić information content (AvgIpc) is 2.41. The fraction of sp³-hybridized carbons (Fsp3) is 0.684. The molecule has 1 heterocycles. The summed E-state index contributed by atoms with van der Waals surface area (Å²) in [6.07, 6.45) is 8.17. The maximum Gasteiger partial charge on any atom is 0.0236 e. The third kappa shape index (κ3) is 5.28. The molecule has 0 bridgehead atoms. The van der Waals surface area contributed by atoms with Crippen molar-refractivity contribution in [3.8, 4) is 0 Å². The van der Waals surface area contributed by atoms with E-state index in [0.717, 1.165) is 6.54 Å². The van der Waals surface area contributed by atoms with Gasteiger partial charge in [0.15, 0.2) is 0 Å². The molecule has 1 nitrogen and oxygen atoms in total. The molecule has 1 heteroatoms.